The van der Waals surface area contributed by atoms with Crippen LogP contribution in [0.2, 0.25) is 0 Å². The van der Waals surface area contributed by atoms with Crippen molar-refractivity contribution in [1.82, 2.24) is 29.6 Å². The van der Waals surface area contributed by atoms with Crippen molar-refractivity contribution in [2.45, 2.75) is 51.4 Å². The normalized spacial score (nSPS) is 23.0. The summed E-state index contributed by atoms with van der Waals surface area (Å²) in [4.78, 5) is 30.0. The van der Waals surface area contributed by atoms with Crippen LogP contribution in [-0.2, 0) is 5.54 Å². The van der Waals surface area contributed by atoms with Crippen LogP contribution in [0.4, 0.5) is 19.0 Å². The number of nitrogens with zero attached hydrogens (tertiary/aromatic N) is 7. The molecule has 0 aromatic carbocycles. The average Bonchev–Trinajstić information content (AvgIpc) is 3.25. The summed E-state index contributed by atoms with van der Waals surface area (Å²) in [5, 5.41) is 4.41. The van der Waals surface area contributed by atoms with Gasteiger partial charge in [-0.25, -0.2) is 14.6 Å². The zero-order valence-corrected chi connectivity index (χ0v) is 23.2. The third kappa shape index (κ3) is 5.46. The van der Waals surface area contributed by atoms with E-state index in [2.05, 4.69) is 20.1 Å². The Morgan fingerprint density at radius 3 is 2.34 bits per heavy atom. The molecule has 3 atom stereocenters. The van der Waals surface area contributed by atoms with E-state index in [9.17, 15) is 18.0 Å². The smallest absolute Gasteiger partial charge is 0.391 e. The highest BCUT2D eigenvalue weighted by Gasteiger charge is 2.59. The van der Waals surface area contributed by atoms with Crippen LogP contribution in [0.15, 0.2) is 36.8 Å². The van der Waals surface area contributed by atoms with Gasteiger partial charge in [-0.15, -0.1) is 0 Å². The largest absolute Gasteiger partial charge is 0.474 e. The molecule has 1 unspecified atom stereocenters. The van der Waals surface area contributed by atoms with Crippen LogP contribution >= 0.6 is 0 Å². The maximum Gasteiger partial charge on any atom is 0.391 e. The lowest BCUT2D eigenvalue weighted by molar-refractivity contribution is -0.179. The second-order valence-electron chi connectivity index (χ2n) is 11.8. The van der Waals surface area contributed by atoms with Gasteiger partial charge in [0.1, 0.15) is 11.9 Å². The van der Waals surface area contributed by atoms with Crippen LogP contribution in [-0.4, -0.2) is 74.0 Å². The molecule has 3 fully saturated rings. The van der Waals surface area contributed by atoms with Crippen molar-refractivity contribution < 1.29 is 22.7 Å². The summed E-state index contributed by atoms with van der Waals surface area (Å²) in [5.74, 6) is 0.352. The number of aromatic nitrogens is 5. The fourth-order valence-corrected chi connectivity index (χ4v) is 5.83. The van der Waals surface area contributed by atoms with Gasteiger partial charge in [-0.05, 0) is 51.3 Å². The number of nitrogens with two attached hydrogens (primary N) is 1. The van der Waals surface area contributed by atoms with Crippen LogP contribution < -0.4 is 15.4 Å². The van der Waals surface area contributed by atoms with Crippen LogP contribution in [0, 0.1) is 24.7 Å². The van der Waals surface area contributed by atoms with Crippen LogP contribution in [0.5, 0.6) is 5.88 Å². The number of halogens is 3. The van der Waals surface area contributed by atoms with Crippen LogP contribution in [0.1, 0.15) is 48.3 Å². The summed E-state index contributed by atoms with van der Waals surface area (Å²) >= 11 is 0. The predicted molar refractivity (Wildman–Crippen MR) is 144 cm³/mol. The summed E-state index contributed by atoms with van der Waals surface area (Å²) in [6, 6.07) is 5.37. The average molecular weight is 571 g/mol. The molecule has 0 spiro atoms. The molecule has 41 heavy (non-hydrogen) atoms. The van der Waals surface area contributed by atoms with E-state index < -0.39 is 17.6 Å². The number of hydrogen-bond donors (Lipinski definition) is 1. The molecule has 13 heteroatoms. The van der Waals surface area contributed by atoms with E-state index >= 15 is 0 Å². The van der Waals surface area contributed by atoms with Crippen molar-refractivity contribution >= 4 is 11.7 Å². The van der Waals surface area contributed by atoms with E-state index in [-0.39, 0.29) is 49.8 Å². The fraction of sp³-hybridized carbons (Fsp3) is 0.536. The Morgan fingerprint density at radius 2 is 1.73 bits per heavy atom. The molecule has 2 N–H and O–H groups in total. The molecular weight excluding hydrogens is 537 g/mol. The molecule has 218 valence electrons. The number of ether oxygens (including phenoxy) is 1. The molecule has 0 radical (unpaired) electrons. The van der Waals surface area contributed by atoms with Crippen LogP contribution in [0.25, 0.3) is 5.95 Å². The number of fused-ring (bicyclic) bond motifs is 1. The summed E-state index contributed by atoms with van der Waals surface area (Å²) in [5.41, 5.74) is 7.62. The molecule has 1 saturated carbocycles. The molecule has 3 aromatic heterocycles. The van der Waals surface area contributed by atoms with Crippen molar-refractivity contribution in [3.8, 4) is 11.8 Å². The van der Waals surface area contributed by atoms with Gasteiger partial charge in [0, 0.05) is 68.2 Å². The first-order valence-electron chi connectivity index (χ1n) is 13.8. The summed E-state index contributed by atoms with van der Waals surface area (Å²) in [6.45, 7) is 7.17. The first kappa shape index (κ1) is 27.4. The van der Waals surface area contributed by atoms with Gasteiger partial charge < -0.3 is 20.3 Å². The van der Waals surface area contributed by atoms with E-state index in [1.54, 1.807) is 31.6 Å². The minimum Gasteiger partial charge on any atom is -0.474 e. The Morgan fingerprint density at radius 1 is 1.07 bits per heavy atom. The molecule has 10 nitrogen and oxygen atoms in total. The molecule has 3 aromatic rings. The SMILES string of the molecule is Cc1nn(-c2ncccn2)cc1C(=O)N1C[C@@H]2C(Oc3cc(C(C)(C)N)cc(N4CCC(C(F)(F)F)CC4)n3)[C@@H]2C1. The third-order valence-electron chi connectivity index (χ3n) is 8.36. The molecule has 1 aliphatic carbocycles. The maximum atomic E-state index is 13.3. The van der Waals surface area contributed by atoms with E-state index in [0.29, 0.717) is 42.0 Å². The van der Waals surface area contributed by atoms with Gasteiger partial charge in [-0.2, -0.15) is 23.3 Å². The third-order valence-corrected chi connectivity index (χ3v) is 8.36. The summed E-state index contributed by atoms with van der Waals surface area (Å²) < 4.78 is 47.4. The Bertz CT molecular complexity index is 1420. The number of alkyl halides is 3. The number of aryl methyl sites for hydroxylation is 1. The molecule has 1 amide bonds. The quantitative estimate of drug-likeness (QED) is 0.479. The first-order chi connectivity index (χ1) is 19.4. The molecule has 3 aliphatic rings. The monoisotopic (exact) mass is 570 g/mol. The zero-order valence-electron chi connectivity index (χ0n) is 23.2. The molecule has 6 rings (SSSR count). The Hall–Kier alpha value is -3.74. The summed E-state index contributed by atoms with van der Waals surface area (Å²) in [6.07, 6.45) is 0.695. The number of rotatable bonds is 6. The van der Waals surface area contributed by atoms with Gasteiger partial charge in [0.05, 0.1) is 17.2 Å². The van der Waals surface area contributed by atoms with E-state index in [1.807, 2.05) is 35.8 Å². The lowest BCUT2D eigenvalue weighted by atomic mass is 9.94. The Labute approximate surface area is 235 Å². The zero-order chi connectivity index (χ0) is 29.1. The van der Waals surface area contributed by atoms with Crippen molar-refractivity contribution in [2.24, 2.45) is 23.5 Å². The number of carbonyl (C=O) groups is 1. The van der Waals surface area contributed by atoms with E-state index in [0.717, 1.165) is 5.56 Å². The highest BCUT2D eigenvalue weighted by Crippen LogP contribution is 2.48. The van der Waals surface area contributed by atoms with Crippen molar-refractivity contribution in [2.75, 3.05) is 31.1 Å². The number of hydrogen-bond acceptors (Lipinski definition) is 8. The maximum absolute atomic E-state index is 13.3. The van der Waals surface area contributed by atoms with Gasteiger partial charge in [0.25, 0.3) is 5.91 Å². The minimum absolute atomic E-state index is 0.0327. The van der Waals surface area contributed by atoms with Crippen molar-refractivity contribution in [1.29, 1.82) is 0 Å². The lowest BCUT2D eigenvalue weighted by Crippen LogP contribution is -2.39. The molecule has 5 heterocycles. The second-order valence-corrected chi connectivity index (χ2v) is 11.8. The minimum atomic E-state index is -4.18. The topological polar surface area (TPSA) is 115 Å². The molecule has 2 aliphatic heterocycles. The number of pyridine rings is 1. The number of carbonyl (C=O) groups excluding carboxylic acids is 1. The van der Waals surface area contributed by atoms with Gasteiger partial charge in [-0.3, -0.25) is 4.79 Å². The van der Waals surface area contributed by atoms with Crippen molar-refractivity contribution in [3.05, 3.63) is 53.6 Å². The lowest BCUT2D eigenvalue weighted by Gasteiger charge is -2.34. The highest BCUT2D eigenvalue weighted by atomic mass is 19.4. The van der Waals surface area contributed by atoms with Gasteiger partial charge >= 0.3 is 6.18 Å². The van der Waals surface area contributed by atoms with Gasteiger partial charge in [0.15, 0.2) is 0 Å². The van der Waals surface area contributed by atoms with Gasteiger partial charge in [-0.1, -0.05) is 0 Å². The summed E-state index contributed by atoms with van der Waals surface area (Å²) in [7, 11) is 0. The van der Waals surface area contributed by atoms with Gasteiger partial charge in [0.2, 0.25) is 11.8 Å². The second kappa shape index (κ2) is 9.97. The standard InChI is InChI=1S/C28H33F3N8O2/c1-16-19(15-39(36-16)26-33-7-4-8-34-26)25(40)38-13-20-21(14-38)24(20)41-23-12-18(27(2,3)32)11-22(35-23)37-9-5-17(6-10-37)28(29,30)31/h4,7-8,11-12,15,17,20-21,24H,5-6,9-10,13-14,32H2,1-3H3/t20-,21+,24?. The first-order valence-corrected chi connectivity index (χ1v) is 13.8. The highest BCUT2D eigenvalue weighted by molar-refractivity contribution is 5.95. The Balaban J connectivity index is 1.12. The predicted octanol–water partition coefficient (Wildman–Crippen LogP) is 3.49. The molecule has 2 saturated heterocycles. The number of likely N-dealkylation sites (tertiary alicyclic amines) is 1. The number of piperidine rings is 2. The van der Waals surface area contributed by atoms with E-state index in [4.69, 9.17) is 10.5 Å². The molecular formula is C28H33F3N8O2. The Kier molecular flexibility index (Phi) is 6.67. The number of anilines is 1. The van der Waals surface area contributed by atoms with E-state index in [1.165, 1.54) is 4.68 Å². The van der Waals surface area contributed by atoms with Crippen molar-refractivity contribution in [3.63, 3.8) is 0 Å². The van der Waals surface area contributed by atoms with Crippen LogP contribution in [0.3, 0.4) is 0 Å². The fourth-order valence-electron chi connectivity index (χ4n) is 5.83. The molecule has 0 bridgehead atoms. The number of amides is 1.